The Bertz CT molecular complexity index is 866. The van der Waals surface area contributed by atoms with Crippen LogP contribution in [-0.2, 0) is 17.6 Å². The van der Waals surface area contributed by atoms with Crippen molar-refractivity contribution in [2.45, 2.75) is 45.4 Å². The highest BCUT2D eigenvalue weighted by atomic mass is 32.1. The van der Waals surface area contributed by atoms with Gasteiger partial charge in [0, 0.05) is 30.3 Å². The first-order valence-electron chi connectivity index (χ1n) is 9.30. The fourth-order valence-corrected chi connectivity index (χ4v) is 4.35. The molecule has 6 heteroatoms. The van der Waals surface area contributed by atoms with E-state index in [1.165, 1.54) is 11.3 Å². The average molecular weight is 385 g/mol. The summed E-state index contributed by atoms with van der Waals surface area (Å²) in [5.74, 6) is 0.00921. The quantitative estimate of drug-likeness (QED) is 0.741. The van der Waals surface area contributed by atoms with Crippen molar-refractivity contribution in [1.29, 1.82) is 0 Å². The first kappa shape index (κ1) is 19.4. The van der Waals surface area contributed by atoms with Crippen molar-refractivity contribution in [1.82, 2.24) is 10.3 Å². The van der Waals surface area contributed by atoms with E-state index in [9.17, 15) is 14.4 Å². The molecule has 0 unspecified atom stereocenters. The van der Waals surface area contributed by atoms with Crippen LogP contribution in [0.1, 0.15) is 62.7 Å². The minimum atomic E-state index is -0.257. The maximum Gasteiger partial charge on any atom is 0.270 e. The molecule has 0 radical (unpaired) electrons. The van der Waals surface area contributed by atoms with Crippen molar-refractivity contribution in [3.05, 3.63) is 51.0 Å². The monoisotopic (exact) mass is 384 g/mol. The van der Waals surface area contributed by atoms with Crippen molar-refractivity contribution in [3.8, 4) is 0 Å². The molecule has 1 aromatic carbocycles. The fourth-order valence-electron chi connectivity index (χ4n) is 3.55. The second-order valence-electron chi connectivity index (χ2n) is 7.10. The number of carbonyl (C=O) groups is 3. The van der Waals surface area contributed by atoms with Gasteiger partial charge < -0.3 is 5.32 Å². The third-order valence-electron chi connectivity index (χ3n) is 5.00. The molecule has 1 saturated carbocycles. The van der Waals surface area contributed by atoms with Crippen molar-refractivity contribution in [3.63, 3.8) is 0 Å². The number of nitrogens with one attached hydrogen (secondary N) is 1. The van der Waals surface area contributed by atoms with Gasteiger partial charge in [0.1, 0.15) is 16.5 Å². The van der Waals surface area contributed by atoms with E-state index < -0.39 is 0 Å². The molecule has 2 aromatic rings. The van der Waals surface area contributed by atoms with E-state index in [2.05, 4.69) is 10.3 Å². The first-order chi connectivity index (χ1) is 13.0. The molecule has 142 valence electrons. The van der Waals surface area contributed by atoms with Gasteiger partial charge in [-0.15, -0.1) is 11.3 Å². The SMILES string of the molecule is CNC(=O)c1csc(CC(=O)Cc2ccc(C)cc2C(=O)C2CCCC2)n1. The summed E-state index contributed by atoms with van der Waals surface area (Å²) in [6.45, 7) is 1.97. The highest BCUT2D eigenvalue weighted by Crippen LogP contribution is 2.29. The molecule has 0 bridgehead atoms. The maximum atomic E-state index is 12.9. The summed E-state index contributed by atoms with van der Waals surface area (Å²) in [5, 5.41) is 4.80. The second kappa shape index (κ2) is 8.57. The second-order valence-corrected chi connectivity index (χ2v) is 8.05. The summed E-state index contributed by atoms with van der Waals surface area (Å²) >= 11 is 1.31. The van der Waals surface area contributed by atoms with Crippen LogP contribution in [0.25, 0.3) is 0 Å². The zero-order valence-corrected chi connectivity index (χ0v) is 16.5. The number of ketones is 2. The number of benzene rings is 1. The van der Waals surface area contributed by atoms with E-state index in [0.29, 0.717) is 16.3 Å². The van der Waals surface area contributed by atoms with Crippen molar-refractivity contribution in [2.24, 2.45) is 5.92 Å². The highest BCUT2D eigenvalue weighted by Gasteiger charge is 2.26. The molecule has 27 heavy (non-hydrogen) atoms. The number of thiazole rings is 1. The van der Waals surface area contributed by atoms with Crippen LogP contribution in [0, 0.1) is 12.8 Å². The largest absolute Gasteiger partial charge is 0.354 e. The van der Waals surface area contributed by atoms with Gasteiger partial charge >= 0.3 is 0 Å². The first-order valence-corrected chi connectivity index (χ1v) is 10.2. The van der Waals surface area contributed by atoms with Gasteiger partial charge in [0.2, 0.25) is 0 Å². The van der Waals surface area contributed by atoms with E-state index >= 15 is 0 Å². The number of nitrogens with zero attached hydrogens (tertiary/aromatic N) is 1. The standard InChI is InChI=1S/C21H24N2O3S/c1-13-7-8-15(17(9-13)20(25)14-5-3-4-6-14)10-16(24)11-19-23-18(12-27-19)21(26)22-2/h7-9,12,14H,3-6,10-11H2,1-2H3,(H,22,26). The molecule has 5 nitrogen and oxygen atoms in total. The van der Waals surface area contributed by atoms with Gasteiger partial charge in [-0.25, -0.2) is 4.98 Å². The van der Waals surface area contributed by atoms with Crippen LogP contribution in [0.3, 0.4) is 0 Å². The smallest absolute Gasteiger partial charge is 0.270 e. The Hall–Kier alpha value is -2.34. The minimum absolute atomic E-state index is 0.00266. The number of carbonyl (C=O) groups excluding carboxylic acids is 3. The molecule has 1 aliphatic carbocycles. The molecule has 1 N–H and O–H groups in total. The number of aryl methyl sites for hydroxylation is 1. The Morgan fingerprint density at radius 1 is 1.19 bits per heavy atom. The summed E-state index contributed by atoms with van der Waals surface area (Å²) in [6.07, 6.45) is 4.49. The molecule has 1 aromatic heterocycles. The Labute approximate surface area is 163 Å². The summed E-state index contributed by atoms with van der Waals surface area (Å²) in [4.78, 5) is 41.3. The van der Waals surface area contributed by atoms with Gasteiger partial charge in [-0.05, 0) is 31.4 Å². The normalized spacial score (nSPS) is 14.3. The van der Waals surface area contributed by atoms with Gasteiger partial charge in [0.05, 0.1) is 6.42 Å². The van der Waals surface area contributed by atoms with Crippen LogP contribution >= 0.6 is 11.3 Å². The molecule has 0 aliphatic heterocycles. The van der Waals surface area contributed by atoms with Crippen molar-refractivity contribution >= 4 is 28.8 Å². The van der Waals surface area contributed by atoms with Gasteiger partial charge in [-0.1, -0.05) is 30.5 Å². The molecule has 0 atom stereocenters. The highest BCUT2D eigenvalue weighted by molar-refractivity contribution is 7.09. The van der Waals surface area contributed by atoms with Crippen LogP contribution in [0.5, 0.6) is 0 Å². The average Bonchev–Trinajstić information content (AvgIpc) is 3.34. The summed E-state index contributed by atoms with van der Waals surface area (Å²) < 4.78 is 0. The zero-order valence-electron chi connectivity index (χ0n) is 15.7. The predicted octanol–water partition coefficient (Wildman–Crippen LogP) is 3.54. The van der Waals surface area contributed by atoms with Gasteiger partial charge in [-0.3, -0.25) is 14.4 Å². The van der Waals surface area contributed by atoms with E-state index in [1.54, 1.807) is 12.4 Å². The van der Waals surface area contributed by atoms with Crippen LogP contribution in [0.2, 0.25) is 0 Å². The number of hydrogen-bond donors (Lipinski definition) is 1. The lowest BCUT2D eigenvalue weighted by atomic mass is 9.90. The third-order valence-corrected chi connectivity index (χ3v) is 5.85. The summed E-state index contributed by atoms with van der Waals surface area (Å²) in [7, 11) is 1.55. The van der Waals surface area contributed by atoms with Crippen LogP contribution in [-0.4, -0.2) is 29.5 Å². The lowest BCUT2D eigenvalue weighted by molar-refractivity contribution is -0.117. The Morgan fingerprint density at radius 3 is 2.63 bits per heavy atom. The summed E-state index contributed by atoms with van der Waals surface area (Å²) in [5.41, 5.74) is 2.85. The molecular formula is C21H24N2O3S. The van der Waals surface area contributed by atoms with E-state index in [1.807, 2.05) is 25.1 Å². The summed E-state index contributed by atoms with van der Waals surface area (Å²) in [6, 6.07) is 5.75. The van der Waals surface area contributed by atoms with E-state index in [-0.39, 0.29) is 36.2 Å². The number of amides is 1. The van der Waals surface area contributed by atoms with Gasteiger partial charge in [0.15, 0.2) is 5.78 Å². The molecule has 3 rings (SSSR count). The molecule has 1 fully saturated rings. The number of rotatable bonds is 7. The number of aromatic nitrogens is 1. The molecule has 0 saturated heterocycles. The lowest BCUT2D eigenvalue weighted by Gasteiger charge is -2.13. The molecule has 1 heterocycles. The van der Waals surface area contributed by atoms with Crippen LogP contribution in [0.4, 0.5) is 0 Å². The molecule has 1 amide bonds. The fraction of sp³-hybridized carbons (Fsp3) is 0.429. The molecule has 1 aliphatic rings. The zero-order chi connectivity index (χ0) is 19.4. The van der Waals surface area contributed by atoms with E-state index in [0.717, 1.165) is 36.8 Å². The Kier molecular flexibility index (Phi) is 6.16. The molecule has 0 spiro atoms. The van der Waals surface area contributed by atoms with Gasteiger partial charge in [-0.2, -0.15) is 0 Å². The van der Waals surface area contributed by atoms with Crippen molar-refractivity contribution in [2.75, 3.05) is 7.05 Å². The van der Waals surface area contributed by atoms with Crippen molar-refractivity contribution < 1.29 is 14.4 Å². The Balaban J connectivity index is 1.73. The number of Topliss-reactive ketones (excluding diaryl/α,β-unsaturated/α-hetero) is 2. The number of hydrogen-bond acceptors (Lipinski definition) is 5. The third kappa shape index (κ3) is 4.69. The van der Waals surface area contributed by atoms with Gasteiger partial charge in [0.25, 0.3) is 5.91 Å². The van der Waals surface area contributed by atoms with E-state index in [4.69, 9.17) is 0 Å². The van der Waals surface area contributed by atoms with Crippen LogP contribution < -0.4 is 5.32 Å². The maximum absolute atomic E-state index is 12.9. The predicted molar refractivity (Wildman–Crippen MR) is 105 cm³/mol. The minimum Gasteiger partial charge on any atom is -0.354 e. The lowest BCUT2D eigenvalue weighted by Crippen LogP contribution is -2.18. The Morgan fingerprint density at radius 2 is 1.93 bits per heavy atom. The topological polar surface area (TPSA) is 76.1 Å². The molecular weight excluding hydrogens is 360 g/mol. The van der Waals surface area contributed by atoms with Crippen LogP contribution in [0.15, 0.2) is 23.6 Å².